The van der Waals surface area contributed by atoms with E-state index in [0.717, 1.165) is 29.8 Å². The number of nitrogens with one attached hydrogen (secondary N) is 1. The Morgan fingerprint density at radius 3 is 2.59 bits per heavy atom. The van der Waals surface area contributed by atoms with Gasteiger partial charge in [-0.3, -0.25) is 18.7 Å². The third-order valence-corrected chi connectivity index (χ3v) is 6.05. The number of hydrogen-bond donors (Lipinski definition) is 1. The number of rotatable bonds is 5. The first-order chi connectivity index (χ1) is 14.1. The Balaban J connectivity index is 1.57. The molecule has 0 bridgehead atoms. The summed E-state index contributed by atoms with van der Waals surface area (Å²) >= 11 is 0. The first-order valence-electron chi connectivity index (χ1n) is 10.5. The van der Waals surface area contributed by atoms with Crippen LogP contribution in [0, 0.1) is 13.8 Å². The summed E-state index contributed by atoms with van der Waals surface area (Å²) in [6, 6.07) is 10.2. The van der Waals surface area contributed by atoms with Crippen LogP contribution in [-0.4, -0.2) is 26.1 Å². The highest BCUT2D eigenvalue weighted by atomic mass is 16.2. The van der Waals surface area contributed by atoms with Crippen LogP contribution in [-0.2, 0) is 11.3 Å². The SMILES string of the molecule is Cc1c(C)n(-c2ccccc2)c2ncn(CCC(=O)NC3CCCCC3)c(=O)c12. The van der Waals surface area contributed by atoms with Gasteiger partial charge in [-0.2, -0.15) is 0 Å². The maximum absolute atomic E-state index is 13.1. The minimum atomic E-state index is -0.0873. The molecule has 2 aromatic heterocycles. The molecule has 6 nitrogen and oxygen atoms in total. The van der Waals surface area contributed by atoms with E-state index in [1.165, 1.54) is 19.3 Å². The smallest absolute Gasteiger partial charge is 0.263 e. The van der Waals surface area contributed by atoms with Crippen LogP contribution in [0.5, 0.6) is 0 Å². The lowest BCUT2D eigenvalue weighted by Gasteiger charge is -2.22. The average molecular weight is 393 g/mol. The van der Waals surface area contributed by atoms with E-state index in [2.05, 4.69) is 10.3 Å². The van der Waals surface area contributed by atoms with Crippen molar-refractivity contribution in [3.05, 3.63) is 58.3 Å². The zero-order valence-corrected chi connectivity index (χ0v) is 17.1. The minimum absolute atomic E-state index is 0.0126. The quantitative estimate of drug-likeness (QED) is 0.721. The molecule has 1 amide bonds. The summed E-state index contributed by atoms with van der Waals surface area (Å²) in [4.78, 5) is 30.0. The second-order valence-electron chi connectivity index (χ2n) is 7.98. The molecule has 0 saturated heterocycles. The van der Waals surface area contributed by atoms with Gasteiger partial charge in [0.2, 0.25) is 5.91 Å². The molecule has 1 aliphatic rings. The molecule has 1 aliphatic carbocycles. The Kier molecular flexibility index (Phi) is 5.51. The molecular weight excluding hydrogens is 364 g/mol. The number of aryl methyl sites for hydroxylation is 2. The summed E-state index contributed by atoms with van der Waals surface area (Å²) in [5.74, 6) is 0.0126. The predicted molar refractivity (Wildman–Crippen MR) is 114 cm³/mol. The number of para-hydroxylation sites is 1. The van der Waals surface area contributed by atoms with Crippen LogP contribution >= 0.6 is 0 Å². The van der Waals surface area contributed by atoms with Crippen LogP contribution in [0.1, 0.15) is 49.8 Å². The normalized spacial score (nSPS) is 15.0. The molecule has 1 N–H and O–H groups in total. The van der Waals surface area contributed by atoms with Crippen molar-refractivity contribution < 1.29 is 4.79 Å². The van der Waals surface area contributed by atoms with Crippen LogP contribution in [0.3, 0.4) is 0 Å². The van der Waals surface area contributed by atoms with Crippen molar-refractivity contribution in [2.75, 3.05) is 0 Å². The lowest BCUT2D eigenvalue weighted by atomic mass is 9.95. The van der Waals surface area contributed by atoms with Crippen LogP contribution in [0.15, 0.2) is 41.5 Å². The fraction of sp³-hybridized carbons (Fsp3) is 0.435. The predicted octanol–water partition coefficient (Wildman–Crippen LogP) is 3.64. The molecule has 152 valence electrons. The molecule has 0 radical (unpaired) electrons. The summed E-state index contributed by atoms with van der Waals surface area (Å²) in [5.41, 5.74) is 3.50. The Bertz CT molecular complexity index is 1080. The van der Waals surface area contributed by atoms with Crippen molar-refractivity contribution in [3.8, 4) is 5.69 Å². The topological polar surface area (TPSA) is 68.9 Å². The van der Waals surface area contributed by atoms with Crippen molar-refractivity contribution in [3.63, 3.8) is 0 Å². The highest BCUT2D eigenvalue weighted by Crippen LogP contribution is 2.24. The number of aromatic nitrogens is 3. The monoisotopic (exact) mass is 392 g/mol. The molecular formula is C23H28N4O2. The van der Waals surface area contributed by atoms with Gasteiger partial charge in [0.15, 0.2) is 5.65 Å². The number of carbonyl (C=O) groups excluding carboxylic acids is 1. The number of nitrogens with zero attached hydrogens (tertiary/aromatic N) is 3. The van der Waals surface area contributed by atoms with E-state index in [0.29, 0.717) is 30.0 Å². The van der Waals surface area contributed by atoms with Gasteiger partial charge in [0.1, 0.15) is 0 Å². The molecule has 3 aromatic rings. The fourth-order valence-corrected chi connectivity index (χ4v) is 4.31. The molecule has 0 atom stereocenters. The van der Waals surface area contributed by atoms with Gasteiger partial charge in [0, 0.05) is 30.4 Å². The van der Waals surface area contributed by atoms with Crippen LogP contribution in [0.4, 0.5) is 0 Å². The molecule has 4 rings (SSSR count). The van der Waals surface area contributed by atoms with E-state index < -0.39 is 0 Å². The maximum Gasteiger partial charge on any atom is 0.263 e. The van der Waals surface area contributed by atoms with Gasteiger partial charge in [-0.15, -0.1) is 0 Å². The Morgan fingerprint density at radius 1 is 1.14 bits per heavy atom. The number of amides is 1. The van der Waals surface area contributed by atoms with Crippen molar-refractivity contribution in [2.24, 2.45) is 0 Å². The van der Waals surface area contributed by atoms with Gasteiger partial charge >= 0.3 is 0 Å². The molecule has 1 saturated carbocycles. The molecule has 1 aromatic carbocycles. The summed E-state index contributed by atoms with van der Waals surface area (Å²) in [7, 11) is 0. The molecule has 0 spiro atoms. The van der Waals surface area contributed by atoms with Crippen molar-refractivity contribution in [2.45, 2.75) is 65.0 Å². The minimum Gasteiger partial charge on any atom is -0.353 e. The third-order valence-electron chi connectivity index (χ3n) is 6.05. The lowest BCUT2D eigenvalue weighted by molar-refractivity contribution is -0.122. The van der Waals surface area contributed by atoms with Crippen LogP contribution in [0.25, 0.3) is 16.7 Å². The van der Waals surface area contributed by atoms with E-state index in [-0.39, 0.29) is 11.5 Å². The van der Waals surface area contributed by atoms with Crippen LogP contribution < -0.4 is 10.9 Å². The lowest BCUT2D eigenvalue weighted by Crippen LogP contribution is -2.37. The fourth-order valence-electron chi connectivity index (χ4n) is 4.31. The summed E-state index contributed by atoms with van der Waals surface area (Å²) in [5, 5.41) is 3.74. The van der Waals surface area contributed by atoms with Gasteiger partial charge in [-0.05, 0) is 44.4 Å². The van der Waals surface area contributed by atoms with E-state index in [4.69, 9.17) is 0 Å². The first-order valence-corrected chi connectivity index (χ1v) is 10.5. The largest absolute Gasteiger partial charge is 0.353 e. The second kappa shape index (κ2) is 8.23. The maximum atomic E-state index is 13.1. The molecule has 6 heteroatoms. The van der Waals surface area contributed by atoms with Gasteiger partial charge < -0.3 is 5.32 Å². The van der Waals surface area contributed by atoms with Crippen molar-refractivity contribution in [1.29, 1.82) is 0 Å². The molecule has 0 unspecified atom stereocenters. The Labute approximate surface area is 170 Å². The summed E-state index contributed by atoms with van der Waals surface area (Å²) in [6.45, 7) is 4.31. The van der Waals surface area contributed by atoms with Crippen molar-refractivity contribution in [1.82, 2.24) is 19.4 Å². The van der Waals surface area contributed by atoms with E-state index in [9.17, 15) is 9.59 Å². The molecule has 1 fully saturated rings. The zero-order chi connectivity index (χ0) is 20.4. The van der Waals surface area contributed by atoms with E-state index in [1.54, 1.807) is 10.9 Å². The Morgan fingerprint density at radius 2 is 1.86 bits per heavy atom. The number of hydrogen-bond acceptors (Lipinski definition) is 3. The number of fused-ring (bicyclic) bond motifs is 1. The second-order valence-corrected chi connectivity index (χ2v) is 7.98. The summed E-state index contributed by atoms with van der Waals surface area (Å²) in [6.07, 6.45) is 7.60. The van der Waals surface area contributed by atoms with E-state index >= 15 is 0 Å². The third kappa shape index (κ3) is 3.84. The molecule has 2 heterocycles. The number of carbonyl (C=O) groups is 1. The highest BCUT2D eigenvalue weighted by molar-refractivity contribution is 5.83. The average Bonchev–Trinajstić information content (AvgIpc) is 3.00. The van der Waals surface area contributed by atoms with Gasteiger partial charge in [0.25, 0.3) is 5.56 Å². The zero-order valence-electron chi connectivity index (χ0n) is 17.1. The van der Waals surface area contributed by atoms with Crippen LogP contribution in [0.2, 0.25) is 0 Å². The first kappa shape index (κ1) is 19.4. The standard InChI is InChI=1S/C23H28N4O2/c1-16-17(2)27(19-11-7-4-8-12-19)22-21(16)23(29)26(15-24-22)14-13-20(28)25-18-9-5-3-6-10-18/h4,7-8,11-12,15,18H,3,5-6,9-10,13-14H2,1-2H3,(H,25,28). The van der Waals surface area contributed by atoms with E-state index in [1.807, 2.05) is 48.7 Å². The van der Waals surface area contributed by atoms with Crippen molar-refractivity contribution >= 4 is 16.9 Å². The summed E-state index contributed by atoms with van der Waals surface area (Å²) < 4.78 is 3.58. The Hall–Kier alpha value is -2.89. The van der Waals surface area contributed by atoms with Gasteiger partial charge in [-0.1, -0.05) is 37.5 Å². The van der Waals surface area contributed by atoms with Gasteiger partial charge in [-0.25, -0.2) is 4.98 Å². The molecule has 0 aliphatic heterocycles. The number of benzene rings is 1. The highest BCUT2D eigenvalue weighted by Gasteiger charge is 2.19. The van der Waals surface area contributed by atoms with Gasteiger partial charge in [0.05, 0.1) is 11.7 Å². The molecule has 29 heavy (non-hydrogen) atoms.